The number of amides is 1. The third kappa shape index (κ3) is 10.1. The van der Waals surface area contributed by atoms with Crippen molar-refractivity contribution in [1.82, 2.24) is 24.5 Å². The van der Waals surface area contributed by atoms with E-state index in [2.05, 4.69) is 60.7 Å². The number of sulfonamides is 1. The van der Waals surface area contributed by atoms with Crippen molar-refractivity contribution in [3.8, 4) is 17.2 Å². The fraction of sp³-hybridized carbons (Fsp3) is 0.404. The minimum Gasteiger partial charge on any atom is -0.489 e. The molecule has 9 rings (SSSR count). The number of carbonyl (C=O) groups is 1. The van der Waals surface area contributed by atoms with Gasteiger partial charge >= 0.3 is 0 Å². The summed E-state index contributed by atoms with van der Waals surface area (Å²) in [6, 6.07) is 18.7. The Bertz CT molecular complexity index is 2750. The van der Waals surface area contributed by atoms with Crippen LogP contribution in [0.15, 0.2) is 89.6 Å². The molecule has 1 aliphatic carbocycles. The van der Waals surface area contributed by atoms with Gasteiger partial charge in [0.1, 0.15) is 23.8 Å². The van der Waals surface area contributed by atoms with E-state index in [4.69, 9.17) is 25.8 Å². The molecule has 0 bridgehead atoms. The number of ether oxygens (including phenoxy) is 3. The Morgan fingerprint density at radius 1 is 1.05 bits per heavy atom. The van der Waals surface area contributed by atoms with Crippen molar-refractivity contribution in [1.29, 1.82) is 0 Å². The zero-order chi connectivity index (χ0) is 45.5. The Kier molecular flexibility index (Phi) is 12.5. The largest absolute Gasteiger partial charge is 0.489 e. The van der Waals surface area contributed by atoms with E-state index >= 15 is 0 Å². The number of hydrogen-bond acceptors (Lipinski definition) is 13. The Morgan fingerprint density at radius 2 is 1.85 bits per heavy atom. The predicted molar refractivity (Wildman–Crippen MR) is 250 cm³/mol. The lowest BCUT2D eigenvalue weighted by Gasteiger charge is -2.39. The molecule has 3 aliphatic heterocycles. The van der Waals surface area contributed by atoms with Crippen molar-refractivity contribution < 1.29 is 32.3 Å². The SMILES string of the molecule is C[C@H]1CN(C[C@H]2COc3cc(S(=O)(=O)NC(=O)c4ccc(N5CCN(CC6=C(c7ccc(Cl)cc7)CC(C)(C)CC6)CC5)cc4Oc4cnc5[nH]ccc5c4)cc([N+](=O)[O-])c3N2)CCO1. The van der Waals surface area contributed by atoms with Gasteiger partial charge in [-0.05, 0) is 79.1 Å². The summed E-state index contributed by atoms with van der Waals surface area (Å²) in [5.74, 6) is -0.526. The Hall–Kier alpha value is -5.72. The third-order valence-corrected chi connectivity index (χ3v) is 14.3. The number of aromatic amines is 1. The number of hydrogen-bond donors (Lipinski definition) is 3. The van der Waals surface area contributed by atoms with Crippen LogP contribution < -0.4 is 24.4 Å². The lowest BCUT2D eigenvalue weighted by atomic mass is 9.72. The molecule has 2 saturated heterocycles. The molecule has 0 saturated carbocycles. The smallest absolute Gasteiger partial charge is 0.297 e. The number of nitro benzene ring substituents is 1. The van der Waals surface area contributed by atoms with Gasteiger partial charge in [0.05, 0.1) is 40.3 Å². The number of H-pyrrole nitrogens is 1. The van der Waals surface area contributed by atoms with E-state index in [0.29, 0.717) is 50.7 Å². The van der Waals surface area contributed by atoms with E-state index in [-0.39, 0.29) is 46.9 Å². The number of anilines is 2. The highest BCUT2D eigenvalue weighted by Gasteiger charge is 2.34. The number of carbonyl (C=O) groups excluding carboxylic acids is 1. The van der Waals surface area contributed by atoms with Crippen molar-refractivity contribution >= 4 is 61.2 Å². The first-order chi connectivity index (χ1) is 31.2. The van der Waals surface area contributed by atoms with E-state index in [0.717, 1.165) is 61.1 Å². The standard InChI is InChI=1S/C47H53ClN8O8S/c1-30-26-54(18-19-62-30)28-35-29-63-43-23-38(22-41(56(58)59)44(43)51-35)65(60,61)52-46(57)39-9-8-36(21-42(39)64-37-20-32-11-13-49-45(32)50-25-37)55-16-14-53(15-17-55)27-33-10-12-47(2,3)24-40(33)31-4-6-34(48)7-5-31/h4-9,11,13,20-23,25,30,35,51H,10,12,14-19,24,26-29H2,1-3H3,(H,49,50)(H,52,57)/t30-,35-/m0/s1. The van der Waals surface area contributed by atoms with Gasteiger partial charge in [-0.25, -0.2) is 18.1 Å². The van der Waals surface area contributed by atoms with E-state index in [1.807, 2.05) is 25.1 Å². The van der Waals surface area contributed by atoms with Crippen molar-refractivity contribution in [2.24, 2.45) is 5.41 Å². The van der Waals surface area contributed by atoms with Crippen LogP contribution in [-0.4, -0.2) is 117 Å². The number of benzene rings is 3. The van der Waals surface area contributed by atoms with E-state index in [1.54, 1.807) is 24.4 Å². The summed E-state index contributed by atoms with van der Waals surface area (Å²) in [6.07, 6.45) is 6.52. The fourth-order valence-corrected chi connectivity index (χ4v) is 10.4. The highest BCUT2D eigenvalue weighted by atomic mass is 35.5. The molecule has 3 N–H and O–H groups in total. The second kappa shape index (κ2) is 18.3. The van der Waals surface area contributed by atoms with Crippen LogP contribution in [0.2, 0.25) is 5.02 Å². The summed E-state index contributed by atoms with van der Waals surface area (Å²) < 4.78 is 47.9. The molecule has 4 aliphatic rings. The van der Waals surface area contributed by atoms with E-state index < -0.39 is 31.4 Å². The first-order valence-electron chi connectivity index (χ1n) is 22.0. The number of morpholine rings is 1. The van der Waals surface area contributed by atoms with Gasteiger partial charge in [0.25, 0.3) is 21.6 Å². The molecular weight excluding hydrogens is 872 g/mol. The molecule has 5 heterocycles. The number of nitrogens with one attached hydrogen (secondary N) is 3. The molecule has 1 amide bonds. The van der Waals surface area contributed by atoms with Crippen LogP contribution in [0.3, 0.4) is 0 Å². The Morgan fingerprint density at radius 3 is 2.62 bits per heavy atom. The molecular formula is C47H53ClN8O8S. The monoisotopic (exact) mass is 924 g/mol. The molecule has 2 aromatic heterocycles. The van der Waals surface area contributed by atoms with Crippen LogP contribution in [0.1, 0.15) is 56.0 Å². The summed E-state index contributed by atoms with van der Waals surface area (Å²) in [5, 5.41) is 17.1. The third-order valence-electron chi connectivity index (χ3n) is 12.7. The molecule has 342 valence electrons. The minimum absolute atomic E-state index is 0.00107. The number of allylic oxidation sites excluding steroid dienone is 1. The van der Waals surface area contributed by atoms with Crippen LogP contribution in [-0.2, 0) is 14.8 Å². The van der Waals surface area contributed by atoms with Gasteiger partial charge in [0, 0.05) is 92.9 Å². The lowest BCUT2D eigenvalue weighted by Crippen LogP contribution is -2.48. The molecule has 2 atom stereocenters. The first-order valence-corrected chi connectivity index (χ1v) is 23.8. The maximum Gasteiger partial charge on any atom is 0.297 e. The molecule has 3 aromatic carbocycles. The van der Waals surface area contributed by atoms with Gasteiger partial charge < -0.3 is 29.4 Å². The Labute approximate surface area is 383 Å². The molecule has 0 spiro atoms. The zero-order valence-electron chi connectivity index (χ0n) is 36.6. The number of piperazine rings is 1. The highest BCUT2D eigenvalue weighted by molar-refractivity contribution is 7.90. The van der Waals surface area contributed by atoms with Crippen LogP contribution in [0.25, 0.3) is 16.6 Å². The number of nitro groups is 1. The minimum atomic E-state index is -4.66. The molecule has 16 nitrogen and oxygen atoms in total. The number of fused-ring (bicyclic) bond motifs is 2. The van der Waals surface area contributed by atoms with Crippen LogP contribution in [0.4, 0.5) is 17.1 Å². The van der Waals surface area contributed by atoms with Gasteiger partial charge in [-0.1, -0.05) is 43.2 Å². The lowest BCUT2D eigenvalue weighted by molar-refractivity contribution is -0.384. The second-order valence-electron chi connectivity index (χ2n) is 18.2. The number of halogens is 1. The second-order valence-corrected chi connectivity index (χ2v) is 20.3. The van der Waals surface area contributed by atoms with Crippen LogP contribution in [0, 0.1) is 15.5 Å². The van der Waals surface area contributed by atoms with Crippen LogP contribution >= 0.6 is 11.6 Å². The number of nitrogens with zero attached hydrogens (tertiary/aromatic N) is 5. The van der Waals surface area contributed by atoms with Gasteiger partial charge in [-0.15, -0.1) is 0 Å². The summed E-state index contributed by atoms with van der Waals surface area (Å²) in [7, 11) is -4.66. The number of aromatic nitrogens is 2. The molecule has 0 unspecified atom stereocenters. The molecule has 2 fully saturated rings. The van der Waals surface area contributed by atoms with Crippen molar-refractivity contribution in [2.75, 3.05) is 75.8 Å². The number of pyridine rings is 1. The average molecular weight is 926 g/mol. The van der Waals surface area contributed by atoms with E-state index in [1.165, 1.54) is 35.0 Å². The predicted octanol–water partition coefficient (Wildman–Crippen LogP) is 7.72. The van der Waals surface area contributed by atoms with Crippen molar-refractivity contribution in [3.63, 3.8) is 0 Å². The fourth-order valence-electron chi connectivity index (χ4n) is 9.25. The quantitative estimate of drug-likeness (QED) is 0.0818. The maximum atomic E-state index is 14.1. The summed E-state index contributed by atoms with van der Waals surface area (Å²) in [6.45, 7) is 13.3. The normalized spacial score (nSPS) is 20.5. The van der Waals surface area contributed by atoms with Gasteiger partial charge in [-0.2, -0.15) is 0 Å². The molecule has 5 aromatic rings. The average Bonchev–Trinajstić information content (AvgIpc) is 3.75. The van der Waals surface area contributed by atoms with Gasteiger partial charge in [0.15, 0.2) is 11.4 Å². The summed E-state index contributed by atoms with van der Waals surface area (Å²) in [5.41, 5.74) is 5.30. The molecule has 65 heavy (non-hydrogen) atoms. The summed E-state index contributed by atoms with van der Waals surface area (Å²) in [4.78, 5) is 39.6. The van der Waals surface area contributed by atoms with Gasteiger partial charge in [0.2, 0.25) is 0 Å². The van der Waals surface area contributed by atoms with Crippen molar-refractivity contribution in [2.45, 2.75) is 57.1 Å². The maximum absolute atomic E-state index is 14.1. The highest BCUT2D eigenvalue weighted by Crippen LogP contribution is 2.44. The topological polar surface area (TPSA) is 184 Å². The van der Waals surface area contributed by atoms with Gasteiger partial charge in [-0.3, -0.25) is 24.7 Å². The van der Waals surface area contributed by atoms with Crippen molar-refractivity contribution in [3.05, 3.63) is 111 Å². The Balaban J connectivity index is 0.935. The first kappa shape index (κ1) is 44.5. The van der Waals surface area contributed by atoms with Crippen LogP contribution in [0.5, 0.6) is 17.2 Å². The zero-order valence-corrected chi connectivity index (χ0v) is 38.2. The molecule has 18 heteroatoms. The molecule has 0 radical (unpaired) electrons. The number of rotatable bonds is 12. The summed E-state index contributed by atoms with van der Waals surface area (Å²) >= 11 is 6.25. The van der Waals surface area contributed by atoms with E-state index in [9.17, 15) is 23.3 Å².